The van der Waals surface area contributed by atoms with Crippen molar-refractivity contribution >= 4 is 23.5 Å². The van der Waals surface area contributed by atoms with Gasteiger partial charge in [0.05, 0.1) is 11.3 Å². The highest BCUT2D eigenvalue weighted by Crippen LogP contribution is 2.18. The number of carboxylic acid groups (broad SMARTS) is 1. The summed E-state index contributed by atoms with van der Waals surface area (Å²) in [4.78, 5) is 34.6. The Morgan fingerprint density at radius 2 is 1.93 bits per heavy atom. The van der Waals surface area contributed by atoms with Crippen LogP contribution < -0.4 is 0 Å². The lowest BCUT2D eigenvalue weighted by atomic mass is 10.1. The van der Waals surface area contributed by atoms with E-state index in [1.807, 2.05) is 0 Å². The zero-order valence-electron chi connectivity index (χ0n) is 6.93. The van der Waals surface area contributed by atoms with E-state index in [9.17, 15) is 14.4 Å². The fraction of sp³-hybridized carbons (Fsp3) is 0. The predicted octanol–water partition coefficient (Wildman–Crippen LogP) is 0.921. The van der Waals surface area contributed by atoms with Crippen LogP contribution in [0.5, 0.6) is 0 Å². The Bertz CT molecular complexity index is 432. The zero-order valence-corrected chi connectivity index (χ0v) is 6.93. The van der Waals surface area contributed by atoms with E-state index in [0.29, 0.717) is 0 Å². The van der Waals surface area contributed by atoms with Gasteiger partial charge in [0.2, 0.25) is 6.08 Å². The summed E-state index contributed by atoms with van der Waals surface area (Å²) in [5, 5.41) is 8.44. The molecule has 0 aliphatic carbocycles. The van der Waals surface area contributed by atoms with Crippen LogP contribution in [0.15, 0.2) is 29.3 Å². The van der Waals surface area contributed by atoms with Gasteiger partial charge in [0.1, 0.15) is 0 Å². The summed E-state index contributed by atoms with van der Waals surface area (Å²) in [6.45, 7) is 0. The van der Waals surface area contributed by atoms with Gasteiger partial charge in [0.15, 0.2) is 0 Å². The van der Waals surface area contributed by atoms with Gasteiger partial charge in [-0.3, -0.25) is 4.79 Å². The summed E-state index contributed by atoms with van der Waals surface area (Å²) in [6.07, 6.45) is 1.25. The molecular weight excluding hydrogens is 186 g/mol. The van der Waals surface area contributed by atoms with Crippen molar-refractivity contribution in [2.24, 2.45) is 4.99 Å². The van der Waals surface area contributed by atoms with Crippen LogP contribution in [-0.4, -0.2) is 22.9 Å². The summed E-state index contributed by atoms with van der Waals surface area (Å²) in [5.74, 6) is -2.68. The van der Waals surface area contributed by atoms with Gasteiger partial charge in [-0.15, -0.1) is 0 Å². The van der Waals surface area contributed by atoms with E-state index in [2.05, 4.69) is 4.99 Å². The van der Waals surface area contributed by atoms with Gasteiger partial charge in [0.25, 0.3) is 5.78 Å². The Morgan fingerprint density at radius 3 is 2.50 bits per heavy atom. The Hall–Kier alpha value is -2.26. The molecule has 70 valence electrons. The maximum absolute atomic E-state index is 11.1. The van der Waals surface area contributed by atoms with E-state index >= 15 is 0 Å². The molecule has 0 aromatic heterocycles. The molecule has 0 amide bonds. The molecule has 0 bridgehead atoms. The number of benzene rings is 1. The van der Waals surface area contributed by atoms with Crippen molar-refractivity contribution in [3.63, 3.8) is 0 Å². The maximum Gasteiger partial charge on any atom is 0.377 e. The Balaban J connectivity index is 3.26. The molecule has 0 aliphatic heterocycles. The number of hydrogen-bond acceptors (Lipinski definition) is 4. The normalized spacial score (nSPS) is 8.86. The Kier molecular flexibility index (Phi) is 2.89. The number of carbonyl (C=O) groups excluding carboxylic acids is 2. The van der Waals surface area contributed by atoms with Gasteiger partial charge in [-0.1, -0.05) is 12.1 Å². The zero-order chi connectivity index (χ0) is 10.6. The topological polar surface area (TPSA) is 83.8 Å². The third-order valence-corrected chi connectivity index (χ3v) is 1.51. The van der Waals surface area contributed by atoms with Gasteiger partial charge in [-0.05, 0) is 12.1 Å². The molecule has 0 saturated carbocycles. The van der Waals surface area contributed by atoms with Crippen LogP contribution in [0.2, 0.25) is 0 Å². The molecule has 1 N–H and O–H groups in total. The van der Waals surface area contributed by atoms with E-state index < -0.39 is 11.8 Å². The van der Waals surface area contributed by atoms with Gasteiger partial charge in [-0.25, -0.2) is 9.59 Å². The minimum absolute atomic E-state index is 0.00917. The number of carbonyl (C=O) groups is 2. The number of ketones is 1. The van der Waals surface area contributed by atoms with Crippen LogP contribution in [0.25, 0.3) is 0 Å². The van der Waals surface area contributed by atoms with Crippen molar-refractivity contribution < 1.29 is 19.5 Å². The van der Waals surface area contributed by atoms with Crippen LogP contribution >= 0.6 is 0 Å². The van der Waals surface area contributed by atoms with E-state index in [0.717, 1.165) is 0 Å². The second kappa shape index (κ2) is 4.11. The highest BCUT2D eigenvalue weighted by molar-refractivity contribution is 6.41. The van der Waals surface area contributed by atoms with Crippen molar-refractivity contribution in [1.29, 1.82) is 0 Å². The quantitative estimate of drug-likeness (QED) is 0.333. The summed E-state index contributed by atoms with van der Waals surface area (Å²) in [5.41, 5.74) is -0.113. The summed E-state index contributed by atoms with van der Waals surface area (Å²) >= 11 is 0. The Labute approximate surface area is 78.7 Å². The van der Waals surface area contributed by atoms with Gasteiger partial charge in [-0.2, -0.15) is 4.99 Å². The monoisotopic (exact) mass is 191 g/mol. The highest BCUT2D eigenvalue weighted by atomic mass is 16.4. The van der Waals surface area contributed by atoms with Gasteiger partial charge >= 0.3 is 5.97 Å². The van der Waals surface area contributed by atoms with Crippen LogP contribution in [0.4, 0.5) is 5.69 Å². The third-order valence-electron chi connectivity index (χ3n) is 1.51. The molecule has 1 rings (SSSR count). The predicted molar refractivity (Wildman–Crippen MR) is 46.2 cm³/mol. The Morgan fingerprint density at radius 1 is 1.29 bits per heavy atom. The number of carboxylic acids is 1. The van der Waals surface area contributed by atoms with E-state index in [-0.39, 0.29) is 11.3 Å². The lowest BCUT2D eigenvalue weighted by Gasteiger charge is -1.98. The molecule has 5 nitrogen and oxygen atoms in total. The van der Waals surface area contributed by atoms with Crippen LogP contribution in [0.1, 0.15) is 10.4 Å². The summed E-state index contributed by atoms with van der Waals surface area (Å²) in [7, 11) is 0. The molecular formula is C9H5NO4. The summed E-state index contributed by atoms with van der Waals surface area (Å²) < 4.78 is 0. The number of nitrogens with zero attached hydrogens (tertiary/aromatic N) is 1. The average molecular weight is 191 g/mol. The number of aliphatic carboxylic acids is 1. The number of Topliss-reactive ketones (excluding diaryl/α,β-unsaturated/α-hetero) is 1. The first kappa shape index (κ1) is 9.83. The van der Waals surface area contributed by atoms with Gasteiger partial charge < -0.3 is 5.11 Å². The molecule has 1 aromatic rings. The molecule has 0 radical (unpaired) electrons. The first-order valence-corrected chi connectivity index (χ1v) is 3.61. The van der Waals surface area contributed by atoms with E-state index in [4.69, 9.17) is 5.11 Å². The highest BCUT2D eigenvalue weighted by Gasteiger charge is 2.17. The molecule has 0 fully saturated rings. The first-order valence-electron chi connectivity index (χ1n) is 3.61. The SMILES string of the molecule is O=C=Nc1ccccc1C(=O)C(=O)O. The number of hydrogen-bond donors (Lipinski definition) is 1. The minimum atomic E-state index is -1.58. The van der Waals surface area contributed by atoms with Crippen molar-refractivity contribution in [1.82, 2.24) is 0 Å². The number of rotatable bonds is 3. The van der Waals surface area contributed by atoms with Gasteiger partial charge in [0, 0.05) is 0 Å². The number of isocyanates is 1. The van der Waals surface area contributed by atoms with Crippen molar-refractivity contribution in [2.75, 3.05) is 0 Å². The number of para-hydroxylation sites is 1. The second-order valence-corrected chi connectivity index (χ2v) is 2.35. The average Bonchev–Trinajstić information content (AvgIpc) is 2.18. The first-order chi connectivity index (χ1) is 6.66. The molecule has 0 spiro atoms. The standard InChI is InChI=1S/C9H5NO4/c11-5-10-7-4-2-1-3-6(7)8(12)9(13)14/h1-4H,(H,13,14). The molecule has 14 heavy (non-hydrogen) atoms. The molecule has 5 heteroatoms. The number of aliphatic imine (C=N–C) groups is 1. The van der Waals surface area contributed by atoms with Crippen molar-refractivity contribution in [3.05, 3.63) is 29.8 Å². The maximum atomic E-state index is 11.1. The minimum Gasteiger partial charge on any atom is -0.475 e. The fourth-order valence-electron chi connectivity index (χ4n) is 0.928. The third kappa shape index (κ3) is 1.91. The molecule has 0 saturated heterocycles. The van der Waals surface area contributed by atoms with E-state index in [1.54, 1.807) is 0 Å². The molecule has 0 unspecified atom stereocenters. The van der Waals surface area contributed by atoms with E-state index in [1.165, 1.54) is 30.3 Å². The molecule has 0 atom stereocenters. The second-order valence-electron chi connectivity index (χ2n) is 2.35. The molecule has 0 aliphatic rings. The summed E-state index contributed by atoms with van der Waals surface area (Å²) in [6, 6.07) is 5.67. The lowest BCUT2D eigenvalue weighted by Crippen LogP contribution is -2.12. The van der Waals surface area contributed by atoms with Crippen LogP contribution in [0.3, 0.4) is 0 Å². The lowest BCUT2D eigenvalue weighted by molar-refractivity contribution is -0.131. The molecule has 0 heterocycles. The van der Waals surface area contributed by atoms with Crippen LogP contribution in [0, 0.1) is 0 Å². The fourth-order valence-corrected chi connectivity index (χ4v) is 0.928. The van der Waals surface area contributed by atoms with Crippen molar-refractivity contribution in [2.45, 2.75) is 0 Å². The van der Waals surface area contributed by atoms with Crippen molar-refractivity contribution in [3.8, 4) is 0 Å². The smallest absolute Gasteiger partial charge is 0.377 e. The largest absolute Gasteiger partial charge is 0.475 e. The molecule has 1 aromatic carbocycles. The van der Waals surface area contributed by atoms with Crippen LogP contribution in [-0.2, 0) is 9.59 Å².